The number of anilines is 1. The molecule has 0 amide bonds. The summed E-state index contributed by atoms with van der Waals surface area (Å²) >= 11 is 0. The molecular weight excluding hydrogens is 288 g/mol. The molecule has 5 nitrogen and oxygen atoms in total. The lowest BCUT2D eigenvalue weighted by Gasteiger charge is -2.28. The van der Waals surface area contributed by atoms with Crippen LogP contribution in [0.4, 0.5) is 5.69 Å². The number of hydrogen-bond acceptors (Lipinski definition) is 4. The second-order valence-corrected chi connectivity index (χ2v) is 8.06. The zero-order chi connectivity index (χ0) is 14.6. The van der Waals surface area contributed by atoms with Crippen molar-refractivity contribution in [2.75, 3.05) is 24.5 Å². The molecule has 2 fully saturated rings. The van der Waals surface area contributed by atoms with Gasteiger partial charge in [0.15, 0.2) is 0 Å². The third kappa shape index (κ3) is 1.96. The minimum Gasteiger partial charge on any atom is -0.487 e. The van der Waals surface area contributed by atoms with Crippen LogP contribution in [0.2, 0.25) is 0 Å². The fourth-order valence-corrected chi connectivity index (χ4v) is 5.48. The van der Waals surface area contributed by atoms with Crippen molar-refractivity contribution in [3.8, 4) is 5.75 Å². The van der Waals surface area contributed by atoms with E-state index in [0.29, 0.717) is 29.8 Å². The van der Waals surface area contributed by atoms with Gasteiger partial charge in [-0.15, -0.1) is 0 Å². The second kappa shape index (κ2) is 4.61. The Bertz CT molecular complexity index is 673. The topological polar surface area (TPSA) is 49.9 Å². The third-order valence-electron chi connectivity index (χ3n) is 4.82. The average Bonchev–Trinajstić information content (AvgIpc) is 3.05. The standard InChI is InChI=1S/C15H20N2O3S/c1-11-4-3-8-17(11)13-5-2-6-14-15(13)21(18,19)16-9-7-12(10-16)20-14/h2,5-6,11-12H,3-4,7-10H2,1H3/t11-,12-/m1/s1. The third-order valence-corrected chi connectivity index (χ3v) is 6.76. The molecular formula is C15H20N2O3S. The smallest absolute Gasteiger partial charge is 0.248 e. The van der Waals surface area contributed by atoms with E-state index < -0.39 is 10.0 Å². The van der Waals surface area contributed by atoms with Crippen LogP contribution in [-0.4, -0.2) is 44.5 Å². The molecule has 1 unspecified atom stereocenters. The van der Waals surface area contributed by atoms with E-state index in [2.05, 4.69) is 11.8 Å². The highest BCUT2D eigenvalue weighted by atomic mass is 32.2. The molecule has 0 aromatic heterocycles. The van der Waals surface area contributed by atoms with Crippen molar-refractivity contribution in [3.63, 3.8) is 0 Å². The molecule has 2 saturated heterocycles. The highest BCUT2D eigenvalue weighted by molar-refractivity contribution is 7.89. The molecule has 0 saturated carbocycles. The Morgan fingerprint density at radius 2 is 2.10 bits per heavy atom. The van der Waals surface area contributed by atoms with Crippen LogP contribution in [0, 0.1) is 0 Å². The van der Waals surface area contributed by atoms with Crippen molar-refractivity contribution in [2.24, 2.45) is 0 Å². The van der Waals surface area contributed by atoms with Crippen molar-refractivity contribution >= 4 is 15.7 Å². The summed E-state index contributed by atoms with van der Waals surface area (Å²) in [6.45, 7) is 4.11. The number of benzene rings is 1. The fraction of sp³-hybridized carbons (Fsp3) is 0.600. The maximum atomic E-state index is 13.0. The maximum absolute atomic E-state index is 13.0. The number of hydrogen-bond donors (Lipinski definition) is 0. The first-order valence-corrected chi connectivity index (χ1v) is 9.08. The van der Waals surface area contributed by atoms with E-state index in [-0.39, 0.29) is 6.10 Å². The summed E-state index contributed by atoms with van der Waals surface area (Å²) in [5.74, 6) is 0.527. The van der Waals surface area contributed by atoms with Crippen LogP contribution in [-0.2, 0) is 10.0 Å². The number of fused-ring (bicyclic) bond motifs is 3. The second-order valence-electron chi connectivity index (χ2n) is 6.18. The molecule has 3 heterocycles. The summed E-state index contributed by atoms with van der Waals surface area (Å²) < 4.78 is 33.5. The van der Waals surface area contributed by atoms with Crippen molar-refractivity contribution in [1.29, 1.82) is 0 Å². The minimum atomic E-state index is -3.45. The zero-order valence-corrected chi connectivity index (χ0v) is 13.0. The lowest BCUT2D eigenvalue weighted by Crippen LogP contribution is -2.32. The van der Waals surface area contributed by atoms with Gasteiger partial charge in [0.2, 0.25) is 10.0 Å². The molecule has 3 aliphatic heterocycles. The van der Waals surface area contributed by atoms with E-state index in [1.54, 1.807) is 10.4 Å². The first-order chi connectivity index (χ1) is 10.1. The van der Waals surface area contributed by atoms with Crippen LogP contribution in [0.25, 0.3) is 0 Å². The van der Waals surface area contributed by atoms with Crippen LogP contribution < -0.4 is 9.64 Å². The van der Waals surface area contributed by atoms with E-state index >= 15 is 0 Å². The Morgan fingerprint density at radius 1 is 1.24 bits per heavy atom. The monoisotopic (exact) mass is 308 g/mol. The van der Waals surface area contributed by atoms with E-state index in [4.69, 9.17) is 4.74 Å². The zero-order valence-electron chi connectivity index (χ0n) is 12.2. The summed E-state index contributed by atoms with van der Waals surface area (Å²) in [4.78, 5) is 2.58. The van der Waals surface area contributed by atoms with Crippen LogP contribution in [0.3, 0.4) is 0 Å². The molecule has 6 heteroatoms. The highest BCUT2D eigenvalue weighted by Gasteiger charge is 2.42. The first kappa shape index (κ1) is 13.4. The Kier molecular flexibility index (Phi) is 2.94. The van der Waals surface area contributed by atoms with Crippen LogP contribution in [0.15, 0.2) is 23.1 Å². The Balaban J connectivity index is 1.91. The van der Waals surface area contributed by atoms with Gasteiger partial charge in [-0.25, -0.2) is 8.42 Å². The largest absolute Gasteiger partial charge is 0.487 e. The summed E-state index contributed by atoms with van der Waals surface area (Å²) in [5, 5.41) is 0. The molecule has 0 radical (unpaired) electrons. The van der Waals surface area contributed by atoms with Gasteiger partial charge < -0.3 is 9.64 Å². The maximum Gasteiger partial charge on any atom is 0.248 e. The number of nitrogens with zero attached hydrogens (tertiary/aromatic N) is 2. The average molecular weight is 308 g/mol. The van der Waals surface area contributed by atoms with E-state index in [1.165, 1.54) is 0 Å². The number of rotatable bonds is 1. The molecule has 2 bridgehead atoms. The molecule has 3 aliphatic rings. The molecule has 0 N–H and O–H groups in total. The van der Waals surface area contributed by atoms with Crippen molar-refractivity contribution in [1.82, 2.24) is 4.31 Å². The Labute approximate surface area is 125 Å². The predicted molar refractivity (Wildman–Crippen MR) is 80.3 cm³/mol. The van der Waals surface area contributed by atoms with Gasteiger partial charge in [-0.2, -0.15) is 4.31 Å². The molecule has 0 aliphatic carbocycles. The van der Waals surface area contributed by atoms with E-state index in [9.17, 15) is 8.42 Å². The predicted octanol–water partition coefficient (Wildman–Crippen LogP) is 1.83. The quantitative estimate of drug-likeness (QED) is 0.794. The van der Waals surface area contributed by atoms with Gasteiger partial charge in [0.25, 0.3) is 0 Å². The van der Waals surface area contributed by atoms with Gasteiger partial charge in [0.1, 0.15) is 16.7 Å². The van der Waals surface area contributed by atoms with Crippen LogP contribution >= 0.6 is 0 Å². The van der Waals surface area contributed by atoms with Crippen LogP contribution in [0.5, 0.6) is 5.75 Å². The van der Waals surface area contributed by atoms with Gasteiger partial charge >= 0.3 is 0 Å². The molecule has 1 aromatic carbocycles. The lowest BCUT2D eigenvalue weighted by molar-refractivity contribution is 0.215. The molecule has 21 heavy (non-hydrogen) atoms. The molecule has 114 valence electrons. The van der Waals surface area contributed by atoms with Gasteiger partial charge in [0, 0.05) is 19.1 Å². The minimum absolute atomic E-state index is 0.00715. The lowest BCUT2D eigenvalue weighted by atomic mass is 10.2. The molecule has 1 aromatic rings. The van der Waals surface area contributed by atoms with Gasteiger partial charge in [-0.05, 0) is 38.3 Å². The number of sulfonamides is 1. The summed E-state index contributed by atoms with van der Waals surface area (Å²) in [6.07, 6.45) is 2.99. The molecule has 0 spiro atoms. The van der Waals surface area contributed by atoms with Gasteiger partial charge in [-0.1, -0.05) is 6.07 Å². The van der Waals surface area contributed by atoms with Crippen molar-refractivity contribution in [2.45, 2.75) is 43.2 Å². The molecule has 4 rings (SSSR count). The van der Waals surface area contributed by atoms with E-state index in [0.717, 1.165) is 31.5 Å². The van der Waals surface area contributed by atoms with Gasteiger partial charge in [-0.3, -0.25) is 0 Å². The Morgan fingerprint density at radius 3 is 2.86 bits per heavy atom. The normalized spacial score (nSPS) is 33.4. The summed E-state index contributed by atoms with van der Waals surface area (Å²) in [5.41, 5.74) is 0.810. The first-order valence-electron chi connectivity index (χ1n) is 7.64. The van der Waals surface area contributed by atoms with Gasteiger partial charge in [0.05, 0.1) is 12.2 Å². The highest BCUT2D eigenvalue weighted by Crippen LogP contribution is 2.42. The fourth-order valence-electron chi connectivity index (χ4n) is 3.69. The van der Waals surface area contributed by atoms with Crippen molar-refractivity contribution in [3.05, 3.63) is 18.2 Å². The van der Waals surface area contributed by atoms with E-state index in [1.807, 2.05) is 12.1 Å². The summed E-state index contributed by atoms with van der Waals surface area (Å²) in [6, 6.07) is 5.99. The van der Waals surface area contributed by atoms with Crippen LogP contribution in [0.1, 0.15) is 26.2 Å². The summed E-state index contributed by atoms with van der Waals surface area (Å²) in [7, 11) is -3.45. The SMILES string of the molecule is C[C@@H]1CCCN1c1cccc2c1S(=O)(=O)N1CC[C@H](C1)O2. The van der Waals surface area contributed by atoms with Crippen molar-refractivity contribution < 1.29 is 13.2 Å². The number of ether oxygens (including phenoxy) is 1. The Hall–Kier alpha value is -1.27. The molecule has 3 atom stereocenters.